The fourth-order valence-corrected chi connectivity index (χ4v) is 8.09. The molecule has 3 saturated heterocycles. The molecule has 4 aromatic rings. The van der Waals surface area contributed by atoms with Gasteiger partial charge in [-0.2, -0.15) is 0 Å². The van der Waals surface area contributed by atoms with Crippen molar-refractivity contribution in [1.82, 2.24) is 39.0 Å². The smallest absolute Gasteiger partial charge is 0.382 e. The summed E-state index contributed by atoms with van der Waals surface area (Å²) in [5, 5.41) is 0. The quantitative estimate of drug-likeness (QED) is 0.171. The summed E-state index contributed by atoms with van der Waals surface area (Å²) in [5.74, 6) is 0.111. The number of nitrogens with zero attached hydrogens (tertiary/aromatic N) is 8. The largest absolute Gasteiger partial charge is 0.386 e. The van der Waals surface area contributed by atoms with Crippen LogP contribution in [-0.4, -0.2) is 93.9 Å². The Bertz CT molecular complexity index is 1710. The Morgan fingerprint density at radius 3 is 1.84 bits per heavy atom. The highest BCUT2D eigenvalue weighted by Crippen LogP contribution is 2.58. The van der Waals surface area contributed by atoms with Gasteiger partial charge in [-0.15, -0.1) is 0 Å². The van der Waals surface area contributed by atoms with Crippen LogP contribution in [-0.2, 0) is 43.9 Å². The molecule has 3 aliphatic heterocycles. The normalized spacial score (nSPS) is 38.3. The van der Waals surface area contributed by atoms with Crippen molar-refractivity contribution in [2.45, 2.75) is 49.2 Å². The van der Waals surface area contributed by atoms with Gasteiger partial charge in [0.1, 0.15) is 48.1 Å². The number of alkyl halides is 2. The van der Waals surface area contributed by atoms with E-state index >= 15 is 8.78 Å². The first-order chi connectivity index (χ1) is 20.9. The zero-order valence-electron chi connectivity index (χ0n) is 21.9. The molecule has 7 heterocycles. The SMILES string of the molecule is Nc1ncnc2c1ncn2[C@@H]1O[C@@H]2COP(O)(=S)O[C@@H]3C(COP(=O)(S)O[C@H]2[C@@H]1F)O[C@@H](n1cnc2c(N)ncnc21)[C@H]3F. The molecule has 3 unspecified atom stereocenters. The minimum absolute atomic E-state index is 0.0550. The summed E-state index contributed by atoms with van der Waals surface area (Å²) < 4.78 is 81.4. The molecule has 236 valence electrons. The number of hydrogen-bond acceptors (Lipinski definition) is 16. The average molecular weight is 695 g/mol. The number of hydrogen-bond donors (Lipinski definition) is 4. The van der Waals surface area contributed by atoms with E-state index in [1.54, 1.807) is 0 Å². The number of halogens is 2. The lowest BCUT2D eigenvalue weighted by Gasteiger charge is -2.29. The summed E-state index contributed by atoms with van der Waals surface area (Å²) in [4.78, 5) is 35.0. The molecule has 3 fully saturated rings. The number of thiol groups is 1. The van der Waals surface area contributed by atoms with E-state index in [4.69, 9.17) is 50.8 Å². The van der Waals surface area contributed by atoms with Gasteiger partial charge in [-0.05, 0) is 11.8 Å². The fourth-order valence-electron chi connectivity index (χ4n) is 5.17. The maximum atomic E-state index is 16.0. The topological polar surface area (TPSA) is 232 Å². The highest BCUT2D eigenvalue weighted by atomic mass is 32.7. The number of nitrogens with two attached hydrogens (primary N) is 2. The van der Waals surface area contributed by atoms with Gasteiger partial charge in [0, 0.05) is 0 Å². The van der Waals surface area contributed by atoms with E-state index in [9.17, 15) is 9.46 Å². The standard InChI is InChI=1S/C20H22F2N10O8P2S2/c21-9-13-7(37-19(9)31-5-29-11-15(23)25-3-27-17(11)31)1-35-41(33,43)40-14-8(2-36-42(34,44)39-13)38-20(10(14)22)32-6-30-12-16(24)26-4-28-18(12)32/h3-10,13-14,19-20H,1-2H2,(H,33,43)(H,34,44)(H2,23,25,27)(H2,24,26,28)/t7-,8?,9+,10+,13-,14-,19-,20-,41?,42?/m1/s1. The molecule has 0 saturated carbocycles. The third-order valence-corrected chi connectivity index (χ3v) is 10.3. The summed E-state index contributed by atoms with van der Waals surface area (Å²) in [6.07, 6.45) is -7.94. The Balaban J connectivity index is 1.17. The van der Waals surface area contributed by atoms with Crippen molar-refractivity contribution < 1.29 is 45.8 Å². The van der Waals surface area contributed by atoms with Crippen molar-refractivity contribution in [2.75, 3.05) is 24.7 Å². The Labute approximate surface area is 255 Å². The number of aromatic nitrogens is 8. The van der Waals surface area contributed by atoms with E-state index in [2.05, 4.69) is 42.2 Å². The minimum Gasteiger partial charge on any atom is -0.382 e. The predicted molar refractivity (Wildman–Crippen MR) is 152 cm³/mol. The van der Waals surface area contributed by atoms with Crippen LogP contribution in [0.2, 0.25) is 0 Å². The van der Waals surface area contributed by atoms with E-state index in [1.807, 2.05) is 0 Å². The summed E-state index contributed by atoms with van der Waals surface area (Å²) in [6.45, 7) is -9.88. The molecule has 0 aromatic carbocycles. The van der Waals surface area contributed by atoms with E-state index < -0.39 is 75.9 Å². The summed E-state index contributed by atoms with van der Waals surface area (Å²) >= 11 is 9.15. The summed E-state index contributed by atoms with van der Waals surface area (Å²) in [6, 6.07) is 0. The third-order valence-electron chi connectivity index (χ3n) is 7.17. The lowest BCUT2D eigenvalue weighted by atomic mass is 10.1. The van der Waals surface area contributed by atoms with Gasteiger partial charge in [-0.25, -0.2) is 43.2 Å². The highest BCUT2D eigenvalue weighted by molar-refractivity contribution is 8.44. The van der Waals surface area contributed by atoms with Crippen LogP contribution in [0, 0.1) is 0 Å². The first kappa shape index (κ1) is 30.2. The van der Waals surface area contributed by atoms with Crippen LogP contribution in [0.15, 0.2) is 25.3 Å². The second-order valence-corrected chi connectivity index (χ2v) is 15.5. The molecule has 0 spiro atoms. The number of imidazole rings is 2. The highest BCUT2D eigenvalue weighted by Gasteiger charge is 2.54. The lowest BCUT2D eigenvalue weighted by molar-refractivity contribution is -0.0564. The van der Waals surface area contributed by atoms with Gasteiger partial charge >= 0.3 is 13.5 Å². The van der Waals surface area contributed by atoms with Gasteiger partial charge < -0.3 is 30.4 Å². The Kier molecular flexibility index (Phi) is 7.61. The molecule has 3 aliphatic rings. The Morgan fingerprint density at radius 1 is 0.841 bits per heavy atom. The van der Waals surface area contributed by atoms with Crippen molar-refractivity contribution in [3.05, 3.63) is 25.3 Å². The van der Waals surface area contributed by atoms with Crippen molar-refractivity contribution in [3.63, 3.8) is 0 Å². The molecule has 0 bridgehead atoms. The van der Waals surface area contributed by atoms with E-state index in [1.165, 1.54) is 21.8 Å². The van der Waals surface area contributed by atoms with Crippen LogP contribution in [0.4, 0.5) is 20.4 Å². The molecule has 5 N–H and O–H groups in total. The van der Waals surface area contributed by atoms with E-state index in [0.717, 1.165) is 12.7 Å². The molecule has 4 aromatic heterocycles. The monoisotopic (exact) mass is 694 g/mol. The first-order valence-electron chi connectivity index (χ1n) is 12.7. The van der Waals surface area contributed by atoms with Crippen molar-refractivity contribution in [3.8, 4) is 0 Å². The Morgan fingerprint density at radius 2 is 1.32 bits per heavy atom. The zero-order valence-corrected chi connectivity index (χ0v) is 25.4. The molecule has 0 aliphatic carbocycles. The number of fused-ring (bicyclic) bond motifs is 4. The molecule has 24 heteroatoms. The second kappa shape index (κ2) is 11.1. The number of nitrogen functional groups attached to an aromatic ring is 2. The Hall–Kier alpha value is -2.49. The van der Waals surface area contributed by atoms with Crippen molar-refractivity contribution in [2.24, 2.45) is 0 Å². The fraction of sp³-hybridized carbons (Fsp3) is 0.500. The molecule has 44 heavy (non-hydrogen) atoms. The predicted octanol–water partition coefficient (Wildman–Crippen LogP) is 1.37. The van der Waals surface area contributed by atoms with E-state index in [0.29, 0.717) is 0 Å². The van der Waals surface area contributed by atoms with Gasteiger partial charge in [-0.1, -0.05) is 12.2 Å². The molecule has 7 rings (SSSR count). The molecule has 18 nitrogen and oxygen atoms in total. The number of rotatable bonds is 2. The van der Waals surface area contributed by atoms with Crippen molar-refractivity contribution >= 4 is 71.5 Å². The molecule has 0 amide bonds. The van der Waals surface area contributed by atoms with Crippen LogP contribution in [0.5, 0.6) is 0 Å². The van der Waals surface area contributed by atoms with Gasteiger partial charge in [-0.3, -0.25) is 22.7 Å². The average Bonchev–Trinajstić information content (AvgIpc) is 3.73. The third kappa shape index (κ3) is 5.26. The van der Waals surface area contributed by atoms with Gasteiger partial charge in [0.15, 0.2) is 47.7 Å². The van der Waals surface area contributed by atoms with Gasteiger partial charge in [0.05, 0.1) is 25.9 Å². The van der Waals surface area contributed by atoms with Crippen LogP contribution in [0.3, 0.4) is 0 Å². The first-order valence-corrected chi connectivity index (χ1v) is 18.0. The molecular formula is C20H22F2N10O8P2S2. The molecular weight excluding hydrogens is 672 g/mol. The second-order valence-electron chi connectivity index (χ2n) is 9.85. The maximum absolute atomic E-state index is 16.0. The van der Waals surface area contributed by atoms with Crippen LogP contribution in [0.1, 0.15) is 12.5 Å². The maximum Gasteiger partial charge on any atom is 0.386 e. The zero-order chi connectivity index (χ0) is 31.0. The molecule has 10 atom stereocenters. The van der Waals surface area contributed by atoms with Gasteiger partial charge in [0.25, 0.3) is 0 Å². The van der Waals surface area contributed by atoms with E-state index in [-0.39, 0.29) is 34.0 Å². The van der Waals surface area contributed by atoms with Crippen LogP contribution < -0.4 is 11.5 Å². The van der Waals surface area contributed by atoms with Crippen LogP contribution >= 0.6 is 25.8 Å². The van der Waals surface area contributed by atoms with Gasteiger partial charge in [0.2, 0.25) is 0 Å². The summed E-state index contributed by atoms with van der Waals surface area (Å²) in [5.41, 5.74) is 12.4. The molecule has 0 radical (unpaired) electrons. The summed E-state index contributed by atoms with van der Waals surface area (Å²) in [7, 11) is 0. The minimum atomic E-state index is -4.38. The van der Waals surface area contributed by atoms with Crippen LogP contribution in [0.25, 0.3) is 22.3 Å². The lowest BCUT2D eigenvalue weighted by Crippen LogP contribution is -2.37. The van der Waals surface area contributed by atoms with Crippen molar-refractivity contribution in [1.29, 1.82) is 0 Å². The number of anilines is 2. The number of ether oxygens (including phenoxy) is 2.